The number of ether oxygens (including phenoxy) is 1. The first-order valence-electron chi connectivity index (χ1n) is 8.06. The summed E-state index contributed by atoms with van der Waals surface area (Å²) in [7, 11) is 1.55. The molecule has 3 heterocycles. The van der Waals surface area contributed by atoms with Crippen LogP contribution in [0.15, 0.2) is 16.8 Å². The van der Waals surface area contributed by atoms with E-state index >= 15 is 0 Å². The lowest BCUT2D eigenvalue weighted by atomic mass is 10.0. The Balaban J connectivity index is 1.68. The summed E-state index contributed by atoms with van der Waals surface area (Å²) in [5.74, 6) is 0.948. The number of aromatic nitrogens is 4. The summed E-state index contributed by atoms with van der Waals surface area (Å²) in [5.41, 5.74) is -0.862. The molecule has 2 aromatic rings. The summed E-state index contributed by atoms with van der Waals surface area (Å²) in [6.45, 7) is 3.60. The third-order valence-corrected chi connectivity index (χ3v) is 4.36. The zero-order valence-corrected chi connectivity index (χ0v) is 14.0. The van der Waals surface area contributed by atoms with Crippen LogP contribution in [0.5, 0.6) is 0 Å². The molecule has 0 radical (unpaired) electrons. The van der Waals surface area contributed by atoms with Gasteiger partial charge < -0.3 is 9.26 Å². The molecule has 0 spiro atoms. The highest BCUT2D eigenvalue weighted by Crippen LogP contribution is 2.31. The topological polar surface area (TPSA) is 69.2 Å². The molecule has 10 heteroatoms. The molecule has 2 unspecified atom stereocenters. The van der Waals surface area contributed by atoms with Crippen molar-refractivity contribution in [2.45, 2.75) is 44.6 Å². The number of halogens is 3. The predicted octanol–water partition coefficient (Wildman–Crippen LogP) is 2.83. The van der Waals surface area contributed by atoms with Crippen LogP contribution in [0.2, 0.25) is 0 Å². The van der Waals surface area contributed by atoms with E-state index in [2.05, 4.69) is 20.1 Å². The maximum Gasteiger partial charge on any atom is 0.435 e. The highest BCUT2D eigenvalue weighted by Gasteiger charge is 2.35. The van der Waals surface area contributed by atoms with Crippen LogP contribution in [-0.4, -0.2) is 45.0 Å². The fraction of sp³-hybridized carbons (Fsp3) is 0.667. The largest absolute Gasteiger partial charge is 0.435 e. The molecule has 0 amide bonds. The Hall–Kier alpha value is -1.94. The van der Waals surface area contributed by atoms with Gasteiger partial charge in [-0.3, -0.25) is 9.58 Å². The van der Waals surface area contributed by atoms with E-state index in [4.69, 9.17) is 9.26 Å². The summed E-state index contributed by atoms with van der Waals surface area (Å²) in [6, 6.07) is 0.768. The van der Waals surface area contributed by atoms with Gasteiger partial charge in [0, 0.05) is 19.9 Å². The maximum atomic E-state index is 12.7. The van der Waals surface area contributed by atoms with Gasteiger partial charge in [0.2, 0.25) is 5.89 Å². The first kappa shape index (κ1) is 17.9. The molecule has 25 heavy (non-hydrogen) atoms. The number of hydrogen-bond acceptors (Lipinski definition) is 6. The van der Waals surface area contributed by atoms with E-state index in [-0.39, 0.29) is 18.7 Å². The second kappa shape index (κ2) is 7.12. The lowest BCUT2D eigenvalue weighted by molar-refractivity contribution is -0.141. The van der Waals surface area contributed by atoms with Gasteiger partial charge in [-0.15, -0.1) is 0 Å². The van der Waals surface area contributed by atoms with Gasteiger partial charge >= 0.3 is 6.18 Å². The third kappa shape index (κ3) is 4.01. The molecule has 1 fully saturated rings. The Morgan fingerprint density at radius 1 is 1.44 bits per heavy atom. The number of nitrogens with zero attached hydrogens (tertiary/aromatic N) is 5. The summed E-state index contributed by atoms with van der Waals surface area (Å²) >= 11 is 0. The van der Waals surface area contributed by atoms with Crippen LogP contribution in [0, 0.1) is 0 Å². The molecular formula is C15H20F3N5O2. The minimum atomic E-state index is -4.42. The van der Waals surface area contributed by atoms with Crippen molar-refractivity contribution in [3.63, 3.8) is 0 Å². The predicted molar refractivity (Wildman–Crippen MR) is 80.5 cm³/mol. The summed E-state index contributed by atoms with van der Waals surface area (Å²) < 4.78 is 49.9. The van der Waals surface area contributed by atoms with Gasteiger partial charge in [0.25, 0.3) is 0 Å². The first-order chi connectivity index (χ1) is 11.9. The maximum absolute atomic E-state index is 12.7. The molecule has 7 nitrogen and oxygen atoms in total. The molecule has 0 aromatic carbocycles. The number of alkyl halides is 3. The van der Waals surface area contributed by atoms with Crippen LogP contribution >= 0.6 is 0 Å². The van der Waals surface area contributed by atoms with E-state index in [1.165, 1.54) is 10.9 Å². The molecule has 0 bridgehead atoms. The van der Waals surface area contributed by atoms with E-state index < -0.39 is 11.9 Å². The van der Waals surface area contributed by atoms with Crippen LogP contribution in [0.1, 0.15) is 49.3 Å². The molecule has 1 aliphatic heterocycles. The molecular weight excluding hydrogens is 339 g/mol. The standard InChI is InChI=1S/C15H20F3N5O2/c1-10(14-19-13(9-24-2)21-25-14)22-6-3-4-11(8-22)23-7-5-12(20-23)15(16,17)18/h5,7,10-11H,3-4,6,8-9H2,1-2H3. The highest BCUT2D eigenvalue weighted by molar-refractivity contribution is 5.04. The van der Waals surface area contributed by atoms with Crippen LogP contribution in [0.25, 0.3) is 0 Å². The van der Waals surface area contributed by atoms with Gasteiger partial charge in [-0.2, -0.15) is 23.3 Å². The van der Waals surface area contributed by atoms with Gasteiger partial charge in [-0.05, 0) is 32.4 Å². The van der Waals surface area contributed by atoms with Gasteiger partial charge in [0.05, 0.1) is 12.1 Å². The monoisotopic (exact) mass is 359 g/mol. The SMILES string of the molecule is COCc1noc(C(C)N2CCCC(n3ccc(C(F)(F)F)n3)C2)n1. The van der Waals surface area contributed by atoms with Gasteiger partial charge in [-0.1, -0.05) is 5.16 Å². The van der Waals surface area contributed by atoms with E-state index in [1.807, 2.05) is 6.92 Å². The average molecular weight is 359 g/mol. The van der Waals surface area contributed by atoms with Crippen LogP contribution < -0.4 is 0 Å². The molecule has 138 valence electrons. The van der Waals surface area contributed by atoms with Gasteiger partial charge in [-0.25, -0.2) is 0 Å². The summed E-state index contributed by atoms with van der Waals surface area (Å²) in [4.78, 5) is 6.41. The number of rotatable bonds is 5. The fourth-order valence-corrected chi connectivity index (χ4v) is 3.02. The van der Waals surface area contributed by atoms with Gasteiger partial charge in [0.1, 0.15) is 6.61 Å². The van der Waals surface area contributed by atoms with Gasteiger partial charge in [0.15, 0.2) is 11.5 Å². The van der Waals surface area contributed by atoms with Crippen molar-refractivity contribution in [1.29, 1.82) is 0 Å². The van der Waals surface area contributed by atoms with Crippen molar-refractivity contribution in [3.05, 3.63) is 29.7 Å². The average Bonchev–Trinajstić information content (AvgIpc) is 3.24. The molecule has 0 aliphatic carbocycles. The van der Waals surface area contributed by atoms with Crippen LogP contribution in [0.4, 0.5) is 13.2 Å². The summed E-state index contributed by atoms with van der Waals surface area (Å²) in [5, 5.41) is 7.55. The Morgan fingerprint density at radius 3 is 2.92 bits per heavy atom. The Bertz CT molecular complexity index is 699. The molecule has 1 aliphatic rings. The van der Waals surface area contributed by atoms with Crippen molar-refractivity contribution in [2.75, 3.05) is 20.2 Å². The van der Waals surface area contributed by atoms with Crippen molar-refractivity contribution in [1.82, 2.24) is 24.8 Å². The zero-order valence-electron chi connectivity index (χ0n) is 14.0. The van der Waals surface area contributed by atoms with Crippen LogP contribution in [-0.2, 0) is 17.5 Å². The quantitative estimate of drug-likeness (QED) is 0.818. The second-order valence-corrected chi connectivity index (χ2v) is 6.13. The van der Waals surface area contributed by atoms with Crippen LogP contribution in [0.3, 0.4) is 0 Å². The van der Waals surface area contributed by atoms with E-state index in [0.717, 1.165) is 25.5 Å². The minimum absolute atomic E-state index is 0.117. The smallest absolute Gasteiger partial charge is 0.377 e. The normalized spacial score (nSPS) is 20.8. The molecule has 0 N–H and O–H groups in total. The second-order valence-electron chi connectivity index (χ2n) is 6.13. The molecule has 1 saturated heterocycles. The zero-order chi connectivity index (χ0) is 18.0. The highest BCUT2D eigenvalue weighted by atomic mass is 19.4. The molecule has 2 aromatic heterocycles. The van der Waals surface area contributed by atoms with E-state index in [1.54, 1.807) is 7.11 Å². The number of methoxy groups -OCH3 is 1. The summed E-state index contributed by atoms with van der Waals surface area (Å²) in [6.07, 6.45) is -1.39. The first-order valence-corrected chi connectivity index (χ1v) is 8.06. The third-order valence-electron chi connectivity index (χ3n) is 4.36. The number of piperidine rings is 1. The number of likely N-dealkylation sites (tertiary alicyclic amines) is 1. The van der Waals surface area contributed by atoms with Crippen molar-refractivity contribution in [2.24, 2.45) is 0 Å². The van der Waals surface area contributed by atoms with Crippen molar-refractivity contribution >= 4 is 0 Å². The minimum Gasteiger partial charge on any atom is -0.377 e. The lowest BCUT2D eigenvalue weighted by Crippen LogP contribution is -2.38. The van der Waals surface area contributed by atoms with E-state index in [0.29, 0.717) is 18.3 Å². The van der Waals surface area contributed by atoms with E-state index in [9.17, 15) is 13.2 Å². The molecule has 2 atom stereocenters. The van der Waals surface area contributed by atoms with Crippen molar-refractivity contribution in [3.8, 4) is 0 Å². The Labute approximate surface area is 142 Å². The Morgan fingerprint density at radius 2 is 2.24 bits per heavy atom. The Kier molecular flexibility index (Phi) is 5.09. The molecule has 0 saturated carbocycles. The number of hydrogen-bond donors (Lipinski definition) is 0. The fourth-order valence-electron chi connectivity index (χ4n) is 3.02. The van der Waals surface area contributed by atoms with Crippen molar-refractivity contribution < 1.29 is 22.4 Å². The lowest BCUT2D eigenvalue weighted by Gasteiger charge is -2.35. The molecule has 3 rings (SSSR count).